The predicted octanol–water partition coefficient (Wildman–Crippen LogP) is 1.67. The Morgan fingerprint density at radius 3 is 2.41 bits per heavy atom. The fraction of sp³-hybridized carbons (Fsp3) is 0.600. The minimum absolute atomic E-state index is 0.0393. The van der Waals surface area contributed by atoms with E-state index in [1.54, 1.807) is 0 Å². The molecule has 0 unspecified atom stereocenters. The Morgan fingerprint density at radius 1 is 1.27 bits per heavy atom. The summed E-state index contributed by atoms with van der Waals surface area (Å²) in [6, 6.07) is 0. The number of aliphatic hydroxyl groups excluding tert-OH is 1. The van der Waals surface area contributed by atoms with E-state index in [1.807, 2.05) is 13.8 Å². The number of carboxylic acid groups (broad SMARTS) is 1. The number of Topliss-reactive ketones (excluding diaryl/α,β-unsaturated/α-hetero) is 1. The molecule has 0 amide bonds. The molecule has 0 heterocycles. The van der Waals surface area contributed by atoms with Crippen molar-refractivity contribution in [2.45, 2.75) is 39.5 Å². The van der Waals surface area contributed by atoms with Crippen LogP contribution in [0.5, 0.6) is 0 Å². The Kier molecular flexibility index (Phi) is 5.84. The van der Waals surface area contributed by atoms with Gasteiger partial charge >= 0.3 is 11.9 Å². The number of carboxylic acids is 1. The lowest BCUT2D eigenvalue weighted by atomic mass is 9.75. The van der Waals surface area contributed by atoms with Crippen molar-refractivity contribution in [1.29, 1.82) is 0 Å². The Bertz CT molecular complexity index is 544. The van der Waals surface area contributed by atoms with Crippen molar-refractivity contribution in [2.24, 2.45) is 10.4 Å². The summed E-state index contributed by atoms with van der Waals surface area (Å²) in [5.74, 6) is -2.04. The molecule has 1 rings (SSSR count). The lowest BCUT2D eigenvalue weighted by Gasteiger charge is -2.30. The summed E-state index contributed by atoms with van der Waals surface area (Å²) >= 11 is 0. The summed E-state index contributed by atoms with van der Waals surface area (Å²) in [4.78, 5) is 38.1. The van der Waals surface area contributed by atoms with Crippen molar-refractivity contribution < 1.29 is 29.3 Å². The van der Waals surface area contributed by atoms with Gasteiger partial charge in [0.2, 0.25) is 0 Å². The highest BCUT2D eigenvalue weighted by Gasteiger charge is 2.35. The molecular weight excluding hydrogens is 290 g/mol. The number of esters is 1. The third kappa shape index (κ3) is 4.98. The van der Waals surface area contributed by atoms with Gasteiger partial charge in [-0.25, -0.2) is 0 Å². The Hall–Kier alpha value is -2.18. The van der Waals surface area contributed by atoms with Crippen LogP contribution >= 0.6 is 0 Å². The highest BCUT2D eigenvalue weighted by atomic mass is 16.5. The zero-order valence-corrected chi connectivity index (χ0v) is 13.0. The summed E-state index contributed by atoms with van der Waals surface area (Å²) in [7, 11) is 1.24. The number of hydrogen-bond acceptors (Lipinski definition) is 6. The number of aliphatic carboxylic acids is 1. The first kappa shape index (κ1) is 17.9. The van der Waals surface area contributed by atoms with Gasteiger partial charge in [-0.2, -0.15) is 0 Å². The molecule has 0 atom stereocenters. The van der Waals surface area contributed by atoms with Crippen LogP contribution in [0.1, 0.15) is 39.5 Å². The lowest BCUT2D eigenvalue weighted by Crippen LogP contribution is -2.30. The highest BCUT2D eigenvalue weighted by molar-refractivity contribution is 6.23. The van der Waals surface area contributed by atoms with E-state index in [0.717, 1.165) is 0 Å². The highest BCUT2D eigenvalue weighted by Crippen LogP contribution is 2.36. The minimum atomic E-state index is -1.15. The van der Waals surface area contributed by atoms with Gasteiger partial charge in [0.1, 0.15) is 12.3 Å². The zero-order valence-electron chi connectivity index (χ0n) is 13.0. The molecule has 7 heteroatoms. The monoisotopic (exact) mass is 311 g/mol. The van der Waals surface area contributed by atoms with E-state index in [-0.39, 0.29) is 47.5 Å². The number of carbonyl (C=O) groups is 3. The molecule has 7 nitrogen and oxygen atoms in total. The predicted molar refractivity (Wildman–Crippen MR) is 78.9 cm³/mol. The number of methoxy groups -OCH3 is 1. The van der Waals surface area contributed by atoms with Crippen molar-refractivity contribution in [3.63, 3.8) is 0 Å². The molecular formula is C15H21NO6. The van der Waals surface area contributed by atoms with Gasteiger partial charge in [-0.1, -0.05) is 13.8 Å². The van der Waals surface area contributed by atoms with Gasteiger partial charge in [0.15, 0.2) is 5.78 Å². The van der Waals surface area contributed by atoms with Crippen LogP contribution < -0.4 is 0 Å². The second-order valence-corrected chi connectivity index (χ2v) is 6.00. The van der Waals surface area contributed by atoms with E-state index in [4.69, 9.17) is 5.11 Å². The SMILES string of the molecule is COC(=O)CCC(=NCC(=O)O)C1=C(O)CC(C)(C)CC1=O. The summed E-state index contributed by atoms with van der Waals surface area (Å²) < 4.78 is 4.53. The van der Waals surface area contributed by atoms with Crippen molar-refractivity contribution in [3.05, 3.63) is 11.3 Å². The molecule has 0 aromatic rings. The average Bonchev–Trinajstić information content (AvgIpc) is 2.38. The van der Waals surface area contributed by atoms with Gasteiger partial charge in [-0.3, -0.25) is 19.4 Å². The maximum atomic E-state index is 12.3. The largest absolute Gasteiger partial charge is 0.511 e. The number of allylic oxidation sites excluding steroid dienone is 2. The zero-order chi connectivity index (χ0) is 16.9. The van der Waals surface area contributed by atoms with Crippen LogP contribution in [0.25, 0.3) is 0 Å². The summed E-state index contributed by atoms with van der Waals surface area (Å²) in [6.07, 6.45) is 0.545. The molecule has 0 aliphatic heterocycles. The van der Waals surface area contributed by atoms with Crippen LogP contribution in [0.3, 0.4) is 0 Å². The molecule has 0 spiro atoms. The molecule has 1 aliphatic rings. The standard InChI is InChI=1S/C15H21NO6/c1-15(2)6-10(17)14(11(18)7-15)9(16-8-12(19)20)4-5-13(21)22-3/h17H,4-8H2,1-3H3,(H,19,20). The maximum absolute atomic E-state index is 12.3. The fourth-order valence-electron chi connectivity index (χ4n) is 2.38. The number of carbonyl (C=O) groups excluding carboxylic acids is 2. The van der Waals surface area contributed by atoms with E-state index in [9.17, 15) is 19.5 Å². The molecule has 2 N–H and O–H groups in total. The fourth-order valence-corrected chi connectivity index (χ4v) is 2.38. The van der Waals surface area contributed by atoms with E-state index >= 15 is 0 Å². The van der Waals surface area contributed by atoms with Crippen LogP contribution in [-0.2, 0) is 19.1 Å². The van der Waals surface area contributed by atoms with Crippen molar-refractivity contribution in [3.8, 4) is 0 Å². The molecule has 0 saturated heterocycles. The number of hydrogen-bond donors (Lipinski definition) is 2. The van der Waals surface area contributed by atoms with E-state index < -0.39 is 18.5 Å². The molecule has 0 saturated carbocycles. The van der Waals surface area contributed by atoms with Gasteiger partial charge in [0.25, 0.3) is 0 Å². The van der Waals surface area contributed by atoms with E-state index in [0.29, 0.717) is 6.42 Å². The number of nitrogens with zero attached hydrogens (tertiary/aromatic N) is 1. The quantitative estimate of drug-likeness (QED) is 0.570. The van der Waals surface area contributed by atoms with Crippen LogP contribution in [-0.4, -0.2) is 47.3 Å². The minimum Gasteiger partial charge on any atom is -0.511 e. The van der Waals surface area contributed by atoms with E-state index in [2.05, 4.69) is 9.73 Å². The molecule has 0 radical (unpaired) electrons. The number of ether oxygens (including phenoxy) is 1. The van der Waals surface area contributed by atoms with Crippen LogP contribution in [0.2, 0.25) is 0 Å². The van der Waals surface area contributed by atoms with Gasteiger partial charge in [0.05, 0.1) is 24.8 Å². The molecule has 1 aliphatic carbocycles. The third-order valence-corrected chi connectivity index (χ3v) is 3.34. The van der Waals surface area contributed by atoms with Crippen molar-refractivity contribution >= 4 is 23.4 Å². The molecule has 0 aromatic carbocycles. The number of aliphatic imine (C=N–C) groups is 1. The summed E-state index contributed by atoms with van der Waals surface area (Å²) in [5.41, 5.74) is -0.166. The van der Waals surface area contributed by atoms with Gasteiger partial charge in [-0.15, -0.1) is 0 Å². The lowest BCUT2D eigenvalue weighted by molar-refractivity contribution is -0.140. The molecule has 0 aromatic heterocycles. The first-order valence-corrected chi connectivity index (χ1v) is 6.94. The topological polar surface area (TPSA) is 113 Å². The second-order valence-electron chi connectivity index (χ2n) is 6.00. The number of rotatable bonds is 6. The first-order chi connectivity index (χ1) is 10.2. The summed E-state index contributed by atoms with van der Waals surface area (Å²) in [6.45, 7) is 3.20. The smallest absolute Gasteiger partial charge is 0.325 e. The normalized spacial score (nSPS) is 18.3. The van der Waals surface area contributed by atoms with E-state index in [1.165, 1.54) is 7.11 Å². The number of aliphatic hydroxyl groups is 1. The van der Waals surface area contributed by atoms with Gasteiger partial charge in [-0.05, 0) is 5.41 Å². The molecule has 0 bridgehead atoms. The summed E-state index contributed by atoms with van der Waals surface area (Å²) in [5, 5.41) is 18.9. The Balaban J connectivity index is 3.09. The third-order valence-electron chi connectivity index (χ3n) is 3.34. The molecule has 0 fully saturated rings. The molecule has 22 heavy (non-hydrogen) atoms. The van der Waals surface area contributed by atoms with Gasteiger partial charge in [0, 0.05) is 19.3 Å². The maximum Gasteiger partial charge on any atom is 0.325 e. The first-order valence-electron chi connectivity index (χ1n) is 6.94. The van der Waals surface area contributed by atoms with Crippen molar-refractivity contribution in [2.75, 3.05) is 13.7 Å². The van der Waals surface area contributed by atoms with Crippen molar-refractivity contribution in [1.82, 2.24) is 0 Å². The average molecular weight is 311 g/mol. The second kappa shape index (κ2) is 7.20. The molecule has 122 valence electrons. The van der Waals surface area contributed by atoms with Gasteiger partial charge < -0.3 is 14.9 Å². The van der Waals surface area contributed by atoms with Crippen LogP contribution in [0.15, 0.2) is 16.3 Å². The Labute approximate surface area is 128 Å². The number of ketones is 1. The van der Waals surface area contributed by atoms with Crippen LogP contribution in [0, 0.1) is 5.41 Å². The Morgan fingerprint density at radius 2 is 1.91 bits per heavy atom. The van der Waals surface area contributed by atoms with Crippen LogP contribution in [0.4, 0.5) is 0 Å².